The molecule has 0 radical (unpaired) electrons. The van der Waals surface area contributed by atoms with Crippen molar-refractivity contribution < 1.29 is 43.6 Å². The van der Waals surface area contributed by atoms with Crippen LogP contribution in [0.5, 0.6) is 5.75 Å². The Labute approximate surface area is 248 Å². The highest BCUT2D eigenvalue weighted by Crippen LogP contribution is 2.47. The van der Waals surface area contributed by atoms with Gasteiger partial charge in [-0.05, 0) is 37.0 Å². The number of aliphatic hydroxyl groups excluding tert-OH is 2. The van der Waals surface area contributed by atoms with E-state index in [4.69, 9.17) is 29.7 Å². The van der Waals surface area contributed by atoms with E-state index in [1.54, 1.807) is 6.07 Å². The fraction of sp³-hybridized carbons (Fsp3) is 0.481. The Bertz CT molecular complexity index is 1620. The first-order valence-corrected chi connectivity index (χ1v) is 14.7. The van der Waals surface area contributed by atoms with Crippen LogP contribution in [0.1, 0.15) is 44.7 Å². The van der Waals surface area contributed by atoms with E-state index in [0.29, 0.717) is 12.8 Å². The summed E-state index contributed by atoms with van der Waals surface area (Å²) in [5.41, 5.74) is 3.93. The Morgan fingerprint density at radius 2 is 2.07 bits per heavy atom. The molecule has 3 aromatic rings. The number of nitrogen functional groups attached to an aromatic ring is 1. The lowest BCUT2D eigenvalue weighted by Crippen LogP contribution is -2.41. The Kier molecular flexibility index (Phi) is 8.18. The number of fused-ring (bicyclic) bond motifs is 1. The molecule has 14 nitrogen and oxygen atoms in total. The summed E-state index contributed by atoms with van der Waals surface area (Å²) in [7, 11) is -5.03. The molecule has 6 atom stereocenters. The molecular formula is C27H35N6O8P. The van der Waals surface area contributed by atoms with Crippen molar-refractivity contribution in [2.24, 2.45) is 5.92 Å². The number of para-hydroxylation sites is 1. The lowest BCUT2D eigenvalue weighted by Gasteiger charge is -2.25. The molecule has 0 aliphatic carbocycles. The standard InChI is InChI=1S/C27H35N6O8P/c1-4-18(5-2)13-38-26(36)17(3)32-42(37,41-19-9-7-6-8-10-19)39-14-21-23(34)24(35)27(15-28,40-21)22-12-11-20-25(29)30-16-31-33(20)22/h6-12,16-18,21,23-24,34-35H,4-5,13-14H2,1-3H3,(H,32,37)(H2,29,30,31)/t17-,21-,23-,24-,27+,42-/m1/s1/i3D3,17D. The second-order valence-electron chi connectivity index (χ2n) is 9.57. The summed E-state index contributed by atoms with van der Waals surface area (Å²) in [5.74, 6) is -1.68. The van der Waals surface area contributed by atoms with E-state index in [0.717, 1.165) is 6.33 Å². The molecule has 0 spiro atoms. The van der Waals surface area contributed by atoms with Gasteiger partial charge in [0, 0.05) is 4.11 Å². The van der Waals surface area contributed by atoms with Gasteiger partial charge in [-0.25, -0.2) is 14.1 Å². The lowest BCUT2D eigenvalue weighted by atomic mass is 9.92. The van der Waals surface area contributed by atoms with Crippen molar-refractivity contribution in [1.82, 2.24) is 19.7 Å². The second-order valence-corrected chi connectivity index (χ2v) is 11.2. The van der Waals surface area contributed by atoms with Gasteiger partial charge in [0.15, 0.2) is 5.82 Å². The quantitative estimate of drug-likeness (QED) is 0.163. The van der Waals surface area contributed by atoms with Crippen LogP contribution in [-0.4, -0.2) is 68.3 Å². The van der Waals surface area contributed by atoms with Gasteiger partial charge in [0.1, 0.15) is 48.0 Å². The number of nitrogens with two attached hydrogens (primary N) is 1. The van der Waals surface area contributed by atoms with Gasteiger partial charge >= 0.3 is 13.7 Å². The average Bonchev–Trinajstić information content (AvgIpc) is 3.56. The first kappa shape index (κ1) is 26.1. The maximum absolute atomic E-state index is 14.2. The Balaban J connectivity index is 1.64. The van der Waals surface area contributed by atoms with Crippen molar-refractivity contribution in [3.63, 3.8) is 0 Å². The largest absolute Gasteiger partial charge is 0.464 e. The zero-order valence-electron chi connectivity index (χ0n) is 26.9. The molecule has 0 saturated carbocycles. The Morgan fingerprint density at radius 1 is 1.33 bits per heavy atom. The summed E-state index contributed by atoms with van der Waals surface area (Å²) in [4.78, 5) is 17.0. The zero-order chi connectivity index (χ0) is 33.9. The van der Waals surface area contributed by atoms with Crippen molar-refractivity contribution in [2.45, 2.75) is 63.5 Å². The number of ether oxygens (including phenoxy) is 2. The second kappa shape index (κ2) is 13.2. The summed E-state index contributed by atoms with van der Waals surface area (Å²) in [6.45, 7) is -0.790. The number of esters is 1. The van der Waals surface area contributed by atoms with E-state index < -0.39 is 57.1 Å². The first-order valence-electron chi connectivity index (χ1n) is 15.1. The number of nitriles is 1. The minimum atomic E-state index is -5.03. The summed E-state index contributed by atoms with van der Waals surface area (Å²) in [6.07, 6.45) is -2.92. The van der Waals surface area contributed by atoms with E-state index >= 15 is 0 Å². The SMILES string of the molecule is [2H]C([2H])([2H])[C@@]([2H])(N[P@@](=O)(OC[C@H]1O[C@@](C#N)(c2ccc3c(N)ncnn23)[C@H](O)[C@@H]1O)Oc1ccccc1)C(=O)OCC(CC)CC. The van der Waals surface area contributed by atoms with Crippen LogP contribution in [0.3, 0.4) is 0 Å². The minimum absolute atomic E-state index is 0.0113. The molecule has 42 heavy (non-hydrogen) atoms. The third-order valence-electron chi connectivity index (χ3n) is 6.92. The summed E-state index contributed by atoms with van der Waals surface area (Å²) < 4.78 is 69.8. The number of benzene rings is 1. The van der Waals surface area contributed by atoms with Crippen LogP contribution in [-0.2, 0) is 29.0 Å². The third-order valence-corrected chi connectivity index (χ3v) is 8.36. The van der Waals surface area contributed by atoms with Gasteiger partial charge in [0.25, 0.3) is 0 Å². The number of rotatable bonds is 13. The third kappa shape index (κ3) is 6.42. The average molecular weight is 607 g/mol. The summed E-state index contributed by atoms with van der Waals surface area (Å²) in [5, 5.41) is 38.1. The number of nitrogens with one attached hydrogen (secondary N) is 1. The molecule has 5 N–H and O–H groups in total. The maximum atomic E-state index is 14.2. The fourth-order valence-corrected chi connectivity index (χ4v) is 5.67. The van der Waals surface area contributed by atoms with E-state index in [1.165, 1.54) is 40.9 Å². The Hall–Kier alpha value is -3.57. The van der Waals surface area contributed by atoms with E-state index in [9.17, 15) is 24.8 Å². The van der Waals surface area contributed by atoms with Crippen molar-refractivity contribution in [1.29, 1.82) is 5.26 Å². The van der Waals surface area contributed by atoms with E-state index in [2.05, 4.69) is 10.1 Å². The molecule has 1 aliphatic heterocycles. The monoisotopic (exact) mass is 606 g/mol. The van der Waals surface area contributed by atoms with E-state index in [-0.39, 0.29) is 35.3 Å². The number of carbonyl (C=O) groups is 1. The molecule has 226 valence electrons. The fourth-order valence-electron chi connectivity index (χ4n) is 4.40. The molecule has 1 aliphatic rings. The smallest absolute Gasteiger partial charge is 0.459 e. The van der Waals surface area contributed by atoms with Crippen LogP contribution < -0.4 is 15.3 Å². The summed E-state index contributed by atoms with van der Waals surface area (Å²) >= 11 is 0. The summed E-state index contributed by atoms with van der Waals surface area (Å²) in [6, 6.07) is 8.76. The topological polar surface area (TPSA) is 204 Å². The number of hydrogen-bond donors (Lipinski definition) is 4. The first-order chi connectivity index (χ1) is 21.6. The lowest BCUT2D eigenvalue weighted by molar-refractivity contribution is -0.146. The van der Waals surface area contributed by atoms with Crippen molar-refractivity contribution in [3.8, 4) is 11.8 Å². The van der Waals surface area contributed by atoms with E-state index in [1.807, 2.05) is 25.0 Å². The predicted octanol–water partition coefficient (Wildman–Crippen LogP) is 2.31. The zero-order valence-corrected chi connectivity index (χ0v) is 23.8. The van der Waals surface area contributed by atoms with Crippen molar-refractivity contribution in [3.05, 3.63) is 54.5 Å². The van der Waals surface area contributed by atoms with Gasteiger partial charge in [-0.1, -0.05) is 44.9 Å². The normalized spacial score (nSPS) is 26.7. The van der Waals surface area contributed by atoms with Gasteiger partial charge in [-0.3, -0.25) is 9.32 Å². The molecule has 4 rings (SSSR count). The molecule has 15 heteroatoms. The minimum Gasteiger partial charge on any atom is -0.464 e. The molecule has 0 amide bonds. The number of hydrogen-bond acceptors (Lipinski definition) is 12. The number of aromatic nitrogens is 3. The van der Waals surface area contributed by atoms with Crippen molar-refractivity contribution >= 4 is 25.1 Å². The predicted molar refractivity (Wildman–Crippen MR) is 150 cm³/mol. The molecule has 0 unspecified atom stereocenters. The van der Waals surface area contributed by atoms with Crippen LogP contribution in [0.4, 0.5) is 5.82 Å². The Morgan fingerprint density at radius 3 is 2.74 bits per heavy atom. The van der Waals surface area contributed by atoms with Gasteiger partial charge in [0.05, 0.1) is 20.3 Å². The van der Waals surface area contributed by atoms with Crippen LogP contribution in [0.15, 0.2) is 48.8 Å². The molecule has 1 saturated heterocycles. The highest BCUT2D eigenvalue weighted by Gasteiger charge is 2.58. The van der Waals surface area contributed by atoms with Crippen LogP contribution in [0.2, 0.25) is 0 Å². The number of anilines is 1. The van der Waals surface area contributed by atoms with Gasteiger partial charge in [-0.2, -0.15) is 15.4 Å². The van der Waals surface area contributed by atoms with Gasteiger partial charge in [0.2, 0.25) is 5.60 Å². The van der Waals surface area contributed by atoms with Gasteiger partial charge < -0.3 is 29.9 Å². The molecule has 3 heterocycles. The molecule has 1 aromatic carbocycles. The number of aliphatic hydroxyl groups is 2. The van der Waals surface area contributed by atoms with Crippen LogP contribution >= 0.6 is 7.75 Å². The highest BCUT2D eigenvalue weighted by molar-refractivity contribution is 7.52. The molecular weight excluding hydrogens is 567 g/mol. The molecule has 1 fully saturated rings. The maximum Gasteiger partial charge on any atom is 0.459 e. The van der Waals surface area contributed by atoms with Crippen LogP contribution in [0.25, 0.3) is 5.52 Å². The number of nitrogens with zero attached hydrogens (tertiary/aromatic N) is 4. The van der Waals surface area contributed by atoms with Gasteiger partial charge in [-0.15, -0.1) is 0 Å². The number of carbonyl (C=O) groups excluding carboxylic acids is 1. The molecule has 2 aromatic heterocycles. The highest BCUT2D eigenvalue weighted by atomic mass is 31.2. The molecule has 0 bridgehead atoms. The van der Waals surface area contributed by atoms with Crippen LogP contribution in [0, 0.1) is 17.2 Å². The van der Waals surface area contributed by atoms with Crippen molar-refractivity contribution in [2.75, 3.05) is 18.9 Å².